The Balaban J connectivity index is 3.03. The smallest absolute Gasteiger partial charge is 0.352 e. The summed E-state index contributed by atoms with van der Waals surface area (Å²) in [4.78, 5) is 10.7. The molecule has 0 amide bonds. The number of hydrogen-bond donors (Lipinski definition) is 1. The molecular formula is C9H13NO2. The largest absolute Gasteiger partial charge is 0.477 e. The van der Waals surface area contributed by atoms with E-state index in [2.05, 4.69) is 0 Å². The Kier molecular flexibility index (Phi) is 2.53. The average molecular weight is 167 g/mol. The maximum Gasteiger partial charge on any atom is 0.352 e. The van der Waals surface area contributed by atoms with Crippen molar-refractivity contribution in [1.29, 1.82) is 0 Å². The normalized spacial score (nSPS) is 10.2. The Hall–Kier alpha value is -1.25. The lowest BCUT2D eigenvalue weighted by atomic mass is 10.4. The number of rotatable bonds is 3. The third-order valence-corrected chi connectivity index (χ3v) is 1.87. The van der Waals surface area contributed by atoms with Gasteiger partial charge in [-0.25, -0.2) is 4.79 Å². The van der Waals surface area contributed by atoms with Gasteiger partial charge in [-0.15, -0.1) is 0 Å². The highest BCUT2D eigenvalue weighted by atomic mass is 16.4. The minimum atomic E-state index is -0.850. The molecule has 0 aromatic carbocycles. The number of carbonyl (C=O) groups is 1. The maximum atomic E-state index is 10.7. The molecule has 0 unspecified atom stereocenters. The molecule has 0 bridgehead atoms. The number of aryl methyl sites for hydroxylation is 1. The van der Waals surface area contributed by atoms with Crippen LogP contribution in [0.4, 0.5) is 0 Å². The fraction of sp³-hybridized carbons (Fsp3) is 0.444. The van der Waals surface area contributed by atoms with E-state index in [0.717, 1.165) is 18.7 Å². The summed E-state index contributed by atoms with van der Waals surface area (Å²) >= 11 is 0. The highest BCUT2D eigenvalue weighted by Gasteiger charge is 2.09. The Morgan fingerprint density at radius 1 is 1.58 bits per heavy atom. The first-order valence-electron chi connectivity index (χ1n) is 4.06. The van der Waals surface area contributed by atoms with Gasteiger partial charge in [0, 0.05) is 12.2 Å². The number of nitrogens with zero attached hydrogens (tertiary/aromatic N) is 1. The quantitative estimate of drug-likeness (QED) is 0.747. The Bertz CT molecular complexity index is 289. The Morgan fingerprint density at radius 3 is 2.75 bits per heavy atom. The highest BCUT2D eigenvalue weighted by Crippen LogP contribution is 2.08. The number of carboxylic acids is 1. The summed E-state index contributed by atoms with van der Waals surface area (Å²) in [5, 5.41) is 8.78. The van der Waals surface area contributed by atoms with E-state index in [1.54, 1.807) is 6.07 Å². The number of aromatic carboxylic acids is 1. The molecule has 1 N–H and O–H groups in total. The monoisotopic (exact) mass is 167 g/mol. The minimum absolute atomic E-state index is 0.384. The van der Waals surface area contributed by atoms with Crippen LogP contribution in [-0.4, -0.2) is 15.6 Å². The van der Waals surface area contributed by atoms with Crippen molar-refractivity contribution >= 4 is 5.97 Å². The predicted molar refractivity (Wildman–Crippen MR) is 46.4 cm³/mol. The first-order valence-corrected chi connectivity index (χ1v) is 4.06. The van der Waals surface area contributed by atoms with Crippen LogP contribution in [-0.2, 0) is 6.54 Å². The van der Waals surface area contributed by atoms with Crippen LogP contribution in [0.2, 0.25) is 0 Å². The summed E-state index contributed by atoms with van der Waals surface area (Å²) in [5.41, 5.74) is 1.39. The second-order valence-corrected chi connectivity index (χ2v) is 2.82. The molecule has 0 aliphatic carbocycles. The van der Waals surface area contributed by atoms with Gasteiger partial charge in [0.25, 0.3) is 0 Å². The van der Waals surface area contributed by atoms with Crippen molar-refractivity contribution in [1.82, 2.24) is 4.57 Å². The molecule has 66 valence electrons. The minimum Gasteiger partial charge on any atom is -0.477 e. The molecule has 3 nitrogen and oxygen atoms in total. The van der Waals surface area contributed by atoms with Crippen molar-refractivity contribution in [2.75, 3.05) is 0 Å². The zero-order valence-corrected chi connectivity index (χ0v) is 7.37. The predicted octanol–water partition coefficient (Wildman–Crippen LogP) is 1.90. The summed E-state index contributed by atoms with van der Waals surface area (Å²) in [6, 6.07) is 3.48. The van der Waals surface area contributed by atoms with Gasteiger partial charge >= 0.3 is 5.97 Å². The lowest BCUT2D eigenvalue weighted by Crippen LogP contribution is -2.09. The van der Waals surface area contributed by atoms with E-state index in [-0.39, 0.29) is 0 Å². The van der Waals surface area contributed by atoms with Crippen LogP contribution in [0.15, 0.2) is 12.1 Å². The molecule has 0 fully saturated rings. The summed E-state index contributed by atoms with van der Waals surface area (Å²) in [6.45, 7) is 4.73. The van der Waals surface area contributed by atoms with Crippen LogP contribution in [0, 0.1) is 6.92 Å². The van der Waals surface area contributed by atoms with E-state index in [9.17, 15) is 4.79 Å². The summed E-state index contributed by atoms with van der Waals surface area (Å²) in [6.07, 6.45) is 0.954. The van der Waals surface area contributed by atoms with Crippen molar-refractivity contribution in [2.45, 2.75) is 26.8 Å². The lowest BCUT2D eigenvalue weighted by molar-refractivity contribution is 0.0684. The van der Waals surface area contributed by atoms with Crippen molar-refractivity contribution in [2.24, 2.45) is 0 Å². The highest BCUT2D eigenvalue weighted by molar-refractivity contribution is 5.86. The van der Waals surface area contributed by atoms with Gasteiger partial charge in [0.05, 0.1) is 0 Å². The first kappa shape index (κ1) is 8.84. The maximum absolute atomic E-state index is 10.7. The number of hydrogen-bond acceptors (Lipinski definition) is 1. The van der Waals surface area contributed by atoms with E-state index in [4.69, 9.17) is 5.11 Å². The summed E-state index contributed by atoms with van der Waals surface area (Å²) < 4.78 is 1.82. The summed E-state index contributed by atoms with van der Waals surface area (Å²) in [7, 11) is 0. The van der Waals surface area contributed by atoms with Gasteiger partial charge in [0.2, 0.25) is 0 Å². The van der Waals surface area contributed by atoms with Gasteiger partial charge in [-0.2, -0.15) is 0 Å². The van der Waals surface area contributed by atoms with Crippen molar-refractivity contribution < 1.29 is 9.90 Å². The van der Waals surface area contributed by atoms with Crippen LogP contribution in [0.25, 0.3) is 0 Å². The van der Waals surface area contributed by atoms with E-state index in [0.29, 0.717) is 5.69 Å². The van der Waals surface area contributed by atoms with Gasteiger partial charge in [-0.1, -0.05) is 6.92 Å². The molecule has 0 radical (unpaired) electrons. The van der Waals surface area contributed by atoms with Gasteiger partial charge in [0.15, 0.2) is 0 Å². The molecule has 0 atom stereocenters. The van der Waals surface area contributed by atoms with E-state index < -0.39 is 5.97 Å². The van der Waals surface area contributed by atoms with Gasteiger partial charge in [-0.05, 0) is 25.5 Å². The molecule has 0 aliphatic rings. The third kappa shape index (κ3) is 1.49. The molecule has 1 aromatic heterocycles. The summed E-state index contributed by atoms with van der Waals surface area (Å²) in [5.74, 6) is -0.850. The van der Waals surface area contributed by atoms with Crippen molar-refractivity contribution in [3.8, 4) is 0 Å². The molecule has 0 aliphatic heterocycles. The average Bonchev–Trinajstić information content (AvgIpc) is 2.34. The van der Waals surface area contributed by atoms with Crippen molar-refractivity contribution in [3.05, 3.63) is 23.5 Å². The van der Waals surface area contributed by atoms with E-state index in [1.165, 1.54) is 0 Å². The zero-order chi connectivity index (χ0) is 9.14. The standard InChI is InChI=1S/C9H13NO2/c1-3-6-10-7(2)4-5-8(10)9(11)12/h4-5H,3,6H2,1-2H3,(H,11,12). The number of aromatic nitrogens is 1. The molecule has 0 saturated heterocycles. The molecule has 1 heterocycles. The second-order valence-electron chi connectivity index (χ2n) is 2.82. The first-order chi connectivity index (χ1) is 5.66. The van der Waals surface area contributed by atoms with Crippen LogP contribution in [0.3, 0.4) is 0 Å². The van der Waals surface area contributed by atoms with Crippen LogP contribution in [0.5, 0.6) is 0 Å². The second kappa shape index (κ2) is 3.43. The van der Waals surface area contributed by atoms with Crippen LogP contribution in [0.1, 0.15) is 29.5 Å². The molecule has 3 heteroatoms. The number of carboxylic acid groups (broad SMARTS) is 1. The lowest BCUT2D eigenvalue weighted by Gasteiger charge is -2.06. The molecule has 0 spiro atoms. The topological polar surface area (TPSA) is 42.2 Å². The van der Waals surface area contributed by atoms with E-state index >= 15 is 0 Å². The van der Waals surface area contributed by atoms with Crippen molar-refractivity contribution in [3.63, 3.8) is 0 Å². The molecule has 0 saturated carbocycles. The molecular weight excluding hydrogens is 154 g/mol. The molecule has 12 heavy (non-hydrogen) atoms. The SMILES string of the molecule is CCCn1c(C)ccc1C(=O)O. The van der Waals surface area contributed by atoms with Gasteiger partial charge in [-0.3, -0.25) is 0 Å². The fourth-order valence-corrected chi connectivity index (χ4v) is 1.28. The van der Waals surface area contributed by atoms with Gasteiger partial charge in [0.1, 0.15) is 5.69 Å². The zero-order valence-electron chi connectivity index (χ0n) is 7.37. The fourth-order valence-electron chi connectivity index (χ4n) is 1.28. The van der Waals surface area contributed by atoms with E-state index in [1.807, 2.05) is 24.5 Å². The third-order valence-electron chi connectivity index (χ3n) is 1.87. The van der Waals surface area contributed by atoms with Crippen LogP contribution < -0.4 is 0 Å². The van der Waals surface area contributed by atoms with Crippen LogP contribution >= 0.6 is 0 Å². The molecule has 1 rings (SSSR count). The molecule has 1 aromatic rings. The Labute approximate surface area is 71.6 Å². The Morgan fingerprint density at radius 2 is 2.25 bits per heavy atom. The van der Waals surface area contributed by atoms with Gasteiger partial charge < -0.3 is 9.67 Å².